The van der Waals surface area contributed by atoms with Crippen molar-refractivity contribution in [2.75, 3.05) is 18.4 Å². The van der Waals surface area contributed by atoms with E-state index >= 15 is 0 Å². The van der Waals surface area contributed by atoms with Crippen LogP contribution in [0.3, 0.4) is 0 Å². The summed E-state index contributed by atoms with van der Waals surface area (Å²) in [5.41, 5.74) is 4.08. The Labute approximate surface area is 201 Å². The van der Waals surface area contributed by atoms with Gasteiger partial charge < -0.3 is 14.7 Å². The largest absolute Gasteiger partial charge is 0.339 e. The smallest absolute Gasteiger partial charge is 0.259 e. The number of pyridine rings is 1. The average molecular weight is 475 g/mol. The number of benzene rings is 1. The number of thiophene rings is 1. The van der Waals surface area contributed by atoms with Crippen LogP contribution in [0.1, 0.15) is 38.6 Å². The van der Waals surface area contributed by atoms with Gasteiger partial charge in [-0.1, -0.05) is 23.4 Å². The Morgan fingerprint density at radius 1 is 1.09 bits per heavy atom. The van der Waals surface area contributed by atoms with Gasteiger partial charge in [-0.05, 0) is 57.9 Å². The minimum absolute atomic E-state index is 0.00469. The minimum Gasteiger partial charge on any atom is -0.339 e. The van der Waals surface area contributed by atoms with Crippen molar-refractivity contribution in [1.29, 1.82) is 0 Å². The molecular weight excluding hydrogens is 448 g/mol. The molecule has 1 fully saturated rings. The van der Waals surface area contributed by atoms with Crippen molar-refractivity contribution in [2.24, 2.45) is 5.92 Å². The van der Waals surface area contributed by atoms with E-state index in [4.69, 9.17) is 4.52 Å². The first kappa shape index (κ1) is 22.3. The molecule has 0 aliphatic carbocycles. The van der Waals surface area contributed by atoms with Gasteiger partial charge in [0.25, 0.3) is 11.6 Å². The van der Waals surface area contributed by atoms with Crippen LogP contribution in [0.25, 0.3) is 22.4 Å². The molecule has 34 heavy (non-hydrogen) atoms. The van der Waals surface area contributed by atoms with Crippen molar-refractivity contribution in [1.82, 2.24) is 15.0 Å². The van der Waals surface area contributed by atoms with E-state index in [0.717, 1.165) is 16.1 Å². The van der Waals surface area contributed by atoms with Gasteiger partial charge >= 0.3 is 0 Å². The van der Waals surface area contributed by atoms with E-state index in [9.17, 15) is 9.59 Å². The molecule has 0 radical (unpaired) electrons. The Morgan fingerprint density at radius 2 is 1.82 bits per heavy atom. The lowest BCUT2D eigenvalue weighted by atomic mass is 9.95. The van der Waals surface area contributed by atoms with E-state index in [1.54, 1.807) is 11.3 Å². The predicted molar refractivity (Wildman–Crippen MR) is 133 cm³/mol. The zero-order valence-electron chi connectivity index (χ0n) is 19.4. The summed E-state index contributed by atoms with van der Waals surface area (Å²) in [4.78, 5) is 35.1. The number of aromatic nitrogens is 2. The summed E-state index contributed by atoms with van der Waals surface area (Å²) in [6.07, 6.45) is 1.24. The number of fused-ring (bicyclic) bond motifs is 1. The number of nitrogens with one attached hydrogen (secondary N) is 1. The lowest BCUT2D eigenvalue weighted by molar-refractivity contribution is -0.121. The molecule has 8 heteroatoms. The number of hydrogen-bond donors (Lipinski definition) is 1. The highest BCUT2D eigenvalue weighted by Gasteiger charge is 2.30. The van der Waals surface area contributed by atoms with E-state index in [1.165, 1.54) is 4.88 Å². The molecule has 0 saturated carbocycles. The topological polar surface area (TPSA) is 88.3 Å². The molecule has 174 valence electrons. The average Bonchev–Trinajstić information content (AvgIpc) is 3.39. The van der Waals surface area contributed by atoms with Crippen molar-refractivity contribution in [2.45, 2.75) is 33.6 Å². The van der Waals surface area contributed by atoms with Gasteiger partial charge in [0.2, 0.25) is 5.91 Å². The van der Waals surface area contributed by atoms with Crippen molar-refractivity contribution >= 4 is 39.9 Å². The molecule has 0 bridgehead atoms. The molecule has 1 aliphatic heterocycles. The third-order valence-corrected chi connectivity index (χ3v) is 7.32. The summed E-state index contributed by atoms with van der Waals surface area (Å²) >= 11 is 1.70. The fourth-order valence-electron chi connectivity index (χ4n) is 4.57. The van der Waals surface area contributed by atoms with Crippen LogP contribution < -0.4 is 5.32 Å². The Balaban J connectivity index is 1.37. The molecule has 1 N–H and O–H groups in total. The fourth-order valence-corrected chi connectivity index (χ4v) is 5.50. The molecule has 5 rings (SSSR count). The number of likely N-dealkylation sites (tertiary alicyclic amines) is 1. The lowest BCUT2D eigenvalue weighted by Gasteiger charge is -2.31. The summed E-state index contributed by atoms with van der Waals surface area (Å²) in [7, 11) is 0. The molecule has 0 unspecified atom stereocenters. The number of amides is 2. The molecule has 7 nitrogen and oxygen atoms in total. The number of aryl methyl sites for hydroxylation is 3. The first-order valence-electron chi connectivity index (χ1n) is 11.4. The molecule has 0 spiro atoms. The van der Waals surface area contributed by atoms with Crippen molar-refractivity contribution in [3.05, 3.63) is 63.5 Å². The quantitative estimate of drug-likeness (QED) is 0.430. The standard InChI is InChI=1S/C26H26N4O3S/c1-15-13-20(17(3)34-15)22-14-21(23-16(2)29-33-25(23)28-22)26(32)30-11-9-18(10-12-30)24(31)27-19-7-5-4-6-8-19/h4-8,13-14,18H,9-12H2,1-3H3,(H,27,31). The maximum absolute atomic E-state index is 13.6. The second-order valence-electron chi connectivity index (χ2n) is 8.75. The number of rotatable bonds is 4. The van der Waals surface area contributed by atoms with Crippen LogP contribution in [0.4, 0.5) is 5.69 Å². The monoisotopic (exact) mass is 474 g/mol. The Bertz CT molecular complexity index is 1370. The number of anilines is 1. The molecule has 4 aromatic rings. The van der Waals surface area contributed by atoms with E-state index in [0.29, 0.717) is 54.0 Å². The highest BCUT2D eigenvalue weighted by atomic mass is 32.1. The zero-order valence-corrected chi connectivity index (χ0v) is 20.2. The molecule has 2 amide bonds. The summed E-state index contributed by atoms with van der Waals surface area (Å²) < 4.78 is 5.46. The van der Waals surface area contributed by atoms with Crippen molar-refractivity contribution in [3.8, 4) is 11.3 Å². The number of carbonyl (C=O) groups excluding carboxylic acids is 2. The number of para-hydroxylation sites is 1. The predicted octanol–water partition coefficient (Wildman–Crippen LogP) is 5.37. The first-order valence-corrected chi connectivity index (χ1v) is 12.2. The van der Waals surface area contributed by atoms with Gasteiger partial charge in [-0.25, -0.2) is 4.98 Å². The van der Waals surface area contributed by atoms with Gasteiger partial charge in [0.15, 0.2) is 0 Å². The fraction of sp³-hybridized carbons (Fsp3) is 0.308. The summed E-state index contributed by atoms with van der Waals surface area (Å²) in [5.74, 6) is -0.192. The van der Waals surface area contributed by atoms with Gasteiger partial charge in [0.05, 0.1) is 22.3 Å². The van der Waals surface area contributed by atoms with Gasteiger partial charge in [-0.2, -0.15) is 0 Å². The molecular formula is C26H26N4O3S. The molecule has 1 saturated heterocycles. The van der Waals surface area contributed by atoms with Crippen molar-refractivity contribution in [3.63, 3.8) is 0 Å². The normalized spacial score (nSPS) is 14.5. The maximum Gasteiger partial charge on any atom is 0.259 e. The van der Waals surface area contributed by atoms with Crippen LogP contribution in [0.2, 0.25) is 0 Å². The van der Waals surface area contributed by atoms with Crippen LogP contribution in [-0.2, 0) is 4.79 Å². The summed E-state index contributed by atoms with van der Waals surface area (Å²) in [5, 5.41) is 7.70. The van der Waals surface area contributed by atoms with Crippen LogP contribution in [0, 0.1) is 26.7 Å². The minimum atomic E-state index is -0.119. The highest BCUT2D eigenvalue weighted by Crippen LogP contribution is 2.33. The van der Waals surface area contributed by atoms with Crippen LogP contribution in [0.5, 0.6) is 0 Å². The second kappa shape index (κ2) is 9.02. The number of piperidine rings is 1. The van der Waals surface area contributed by atoms with Crippen molar-refractivity contribution < 1.29 is 14.1 Å². The molecule has 1 aliphatic rings. The SMILES string of the molecule is Cc1cc(-c2cc(C(=O)N3CCC(C(=O)Nc4ccccc4)CC3)c3c(C)noc3n2)c(C)s1. The highest BCUT2D eigenvalue weighted by molar-refractivity contribution is 7.12. The van der Waals surface area contributed by atoms with Gasteiger partial charge in [0.1, 0.15) is 0 Å². The van der Waals surface area contributed by atoms with Crippen LogP contribution >= 0.6 is 11.3 Å². The Morgan fingerprint density at radius 3 is 2.50 bits per heavy atom. The Hall–Kier alpha value is -3.52. The second-order valence-corrected chi connectivity index (χ2v) is 10.2. The molecule has 0 atom stereocenters. The van der Waals surface area contributed by atoms with Gasteiger partial charge in [-0.3, -0.25) is 9.59 Å². The third-order valence-electron chi connectivity index (χ3n) is 6.36. The third kappa shape index (κ3) is 4.21. The number of carbonyl (C=O) groups is 2. The van der Waals surface area contributed by atoms with Gasteiger partial charge in [-0.15, -0.1) is 11.3 Å². The summed E-state index contributed by atoms with van der Waals surface area (Å²) in [6.45, 7) is 6.97. The van der Waals surface area contributed by atoms with E-state index < -0.39 is 0 Å². The summed E-state index contributed by atoms with van der Waals surface area (Å²) in [6, 6.07) is 13.4. The van der Waals surface area contributed by atoms with Crippen LogP contribution in [0.15, 0.2) is 47.0 Å². The van der Waals surface area contributed by atoms with Gasteiger partial charge in [0, 0.05) is 40.0 Å². The molecule has 4 heterocycles. The number of nitrogens with zero attached hydrogens (tertiary/aromatic N) is 3. The maximum atomic E-state index is 13.6. The van der Waals surface area contributed by atoms with E-state index in [-0.39, 0.29) is 17.7 Å². The zero-order chi connectivity index (χ0) is 23.8. The van der Waals surface area contributed by atoms with E-state index in [1.807, 2.05) is 48.2 Å². The number of hydrogen-bond acceptors (Lipinski definition) is 6. The Kier molecular flexibility index (Phi) is 5.91. The lowest BCUT2D eigenvalue weighted by Crippen LogP contribution is -2.41. The molecule has 3 aromatic heterocycles. The van der Waals surface area contributed by atoms with E-state index in [2.05, 4.69) is 35.4 Å². The van der Waals surface area contributed by atoms with Crippen LogP contribution in [-0.4, -0.2) is 39.9 Å². The first-order chi connectivity index (χ1) is 16.4. The molecule has 1 aromatic carbocycles.